The first kappa shape index (κ1) is 20.4. The van der Waals surface area contributed by atoms with Crippen molar-refractivity contribution in [3.05, 3.63) is 66.7 Å². The molecule has 0 aromatic heterocycles. The lowest BCUT2D eigenvalue weighted by atomic mass is 10.2. The standard InChI is InChI=1S/C20H26O5/c1-6-20(21)25-17(4)16(3)24-12-11-15(2)13-23-14-18-7-9-19(22-5)10-8-18/h6-13,16-17H,1,14H2,2-5H3/b12-11+,15-13-/t16-,17+/m1/s1. The summed E-state index contributed by atoms with van der Waals surface area (Å²) in [6, 6.07) is 7.69. The molecule has 0 aliphatic carbocycles. The molecule has 0 bridgehead atoms. The number of allylic oxidation sites excluding steroid dienone is 2. The van der Waals surface area contributed by atoms with Gasteiger partial charge in [0.1, 0.15) is 24.6 Å². The zero-order chi connectivity index (χ0) is 18.7. The van der Waals surface area contributed by atoms with E-state index in [4.69, 9.17) is 18.9 Å². The molecule has 1 aromatic rings. The van der Waals surface area contributed by atoms with E-state index in [0.29, 0.717) is 6.61 Å². The quantitative estimate of drug-likeness (QED) is 0.276. The third kappa shape index (κ3) is 8.11. The number of carbonyl (C=O) groups excluding carboxylic acids is 1. The second-order valence-electron chi connectivity index (χ2n) is 5.51. The zero-order valence-corrected chi connectivity index (χ0v) is 15.2. The van der Waals surface area contributed by atoms with Crippen molar-refractivity contribution >= 4 is 5.97 Å². The van der Waals surface area contributed by atoms with Crippen LogP contribution in [0.3, 0.4) is 0 Å². The molecule has 0 fully saturated rings. The number of ether oxygens (including phenoxy) is 4. The summed E-state index contributed by atoms with van der Waals surface area (Å²) in [7, 11) is 1.64. The van der Waals surface area contributed by atoms with Crippen molar-refractivity contribution in [2.75, 3.05) is 7.11 Å². The number of methoxy groups -OCH3 is 1. The Morgan fingerprint density at radius 1 is 1.20 bits per heavy atom. The molecule has 0 unspecified atom stereocenters. The molecule has 5 nitrogen and oxygen atoms in total. The number of rotatable bonds is 10. The van der Waals surface area contributed by atoms with Crippen LogP contribution >= 0.6 is 0 Å². The molecule has 0 amide bonds. The molecule has 0 saturated carbocycles. The molecule has 0 radical (unpaired) electrons. The van der Waals surface area contributed by atoms with Crippen molar-refractivity contribution in [2.24, 2.45) is 0 Å². The van der Waals surface area contributed by atoms with Crippen molar-refractivity contribution in [3.8, 4) is 5.75 Å². The molecule has 1 rings (SSSR count). The van der Waals surface area contributed by atoms with E-state index in [1.165, 1.54) is 0 Å². The average Bonchev–Trinajstić information content (AvgIpc) is 2.61. The Hall–Kier alpha value is -2.69. The van der Waals surface area contributed by atoms with Gasteiger partial charge in [0.2, 0.25) is 0 Å². The van der Waals surface area contributed by atoms with Crippen molar-refractivity contribution < 1.29 is 23.7 Å². The van der Waals surface area contributed by atoms with Crippen LogP contribution in [-0.2, 0) is 25.6 Å². The average molecular weight is 346 g/mol. The highest BCUT2D eigenvalue weighted by atomic mass is 16.6. The van der Waals surface area contributed by atoms with E-state index in [-0.39, 0.29) is 12.2 Å². The summed E-state index contributed by atoms with van der Waals surface area (Å²) >= 11 is 0. The van der Waals surface area contributed by atoms with Gasteiger partial charge in [0.05, 0.1) is 19.6 Å². The maximum Gasteiger partial charge on any atom is 0.330 e. The molecule has 0 aliphatic heterocycles. The zero-order valence-electron chi connectivity index (χ0n) is 15.2. The van der Waals surface area contributed by atoms with E-state index >= 15 is 0 Å². The van der Waals surface area contributed by atoms with Crippen molar-refractivity contribution in [3.63, 3.8) is 0 Å². The van der Waals surface area contributed by atoms with Crippen LogP contribution in [0.5, 0.6) is 5.75 Å². The van der Waals surface area contributed by atoms with Crippen molar-refractivity contribution in [2.45, 2.75) is 39.6 Å². The number of esters is 1. The lowest BCUT2D eigenvalue weighted by Crippen LogP contribution is -2.26. The molecular weight excluding hydrogens is 320 g/mol. The van der Waals surface area contributed by atoms with Crippen LogP contribution in [0, 0.1) is 0 Å². The number of carbonyl (C=O) groups is 1. The highest BCUT2D eigenvalue weighted by Gasteiger charge is 2.15. The second-order valence-corrected chi connectivity index (χ2v) is 5.51. The summed E-state index contributed by atoms with van der Waals surface area (Å²) in [5.41, 5.74) is 1.95. The molecule has 2 atom stereocenters. The van der Waals surface area contributed by atoms with E-state index in [2.05, 4.69) is 6.58 Å². The van der Waals surface area contributed by atoms with Gasteiger partial charge in [-0.2, -0.15) is 0 Å². The van der Waals surface area contributed by atoms with Gasteiger partial charge in [0.15, 0.2) is 0 Å². The van der Waals surface area contributed by atoms with Gasteiger partial charge in [-0.25, -0.2) is 4.79 Å². The largest absolute Gasteiger partial charge is 0.497 e. The molecule has 0 saturated heterocycles. The fraction of sp³-hybridized carbons (Fsp3) is 0.350. The normalized spacial score (nSPS) is 13.8. The Labute approximate surface area is 149 Å². The van der Waals surface area contributed by atoms with Crippen LogP contribution in [0.25, 0.3) is 0 Å². The van der Waals surface area contributed by atoms with Crippen LogP contribution in [0.2, 0.25) is 0 Å². The molecule has 5 heteroatoms. The van der Waals surface area contributed by atoms with Gasteiger partial charge in [-0.15, -0.1) is 0 Å². The van der Waals surface area contributed by atoms with E-state index in [9.17, 15) is 4.79 Å². The minimum atomic E-state index is -0.463. The minimum Gasteiger partial charge on any atom is -0.497 e. The Morgan fingerprint density at radius 2 is 1.88 bits per heavy atom. The fourth-order valence-electron chi connectivity index (χ4n) is 1.74. The predicted molar refractivity (Wildman–Crippen MR) is 97.0 cm³/mol. The fourth-order valence-corrected chi connectivity index (χ4v) is 1.74. The number of benzene rings is 1. The van der Waals surface area contributed by atoms with Gasteiger partial charge in [0.25, 0.3) is 0 Å². The van der Waals surface area contributed by atoms with Crippen LogP contribution < -0.4 is 4.74 Å². The van der Waals surface area contributed by atoms with Crippen LogP contribution in [0.15, 0.2) is 61.1 Å². The Morgan fingerprint density at radius 3 is 2.48 bits per heavy atom. The lowest BCUT2D eigenvalue weighted by Gasteiger charge is -2.19. The van der Waals surface area contributed by atoms with Gasteiger partial charge < -0.3 is 18.9 Å². The number of hydrogen-bond acceptors (Lipinski definition) is 5. The van der Waals surface area contributed by atoms with E-state index in [1.54, 1.807) is 32.6 Å². The molecule has 136 valence electrons. The summed E-state index contributed by atoms with van der Waals surface area (Å²) in [6.45, 7) is 9.32. The summed E-state index contributed by atoms with van der Waals surface area (Å²) in [6.07, 6.45) is 5.50. The molecule has 0 spiro atoms. The van der Waals surface area contributed by atoms with Crippen molar-refractivity contribution in [1.29, 1.82) is 0 Å². The maximum atomic E-state index is 11.1. The maximum absolute atomic E-state index is 11.1. The smallest absolute Gasteiger partial charge is 0.330 e. The van der Waals surface area contributed by atoms with Crippen LogP contribution in [-0.4, -0.2) is 25.3 Å². The summed E-state index contributed by atoms with van der Waals surface area (Å²) in [5, 5.41) is 0. The minimum absolute atomic E-state index is 0.270. The van der Waals surface area contributed by atoms with E-state index in [1.807, 2.05) is 38.1 Å². The molecule has 0 aliphatic rings. The number of hydrogen-bond donors (Lipinski definition) is 0. The molecule has 1 aromatic carbocycles. The van der Waals surface area contributed by atoms with Gasteiger partial charge in [-0.05, 0) is 50.1 Å². The Balaban J connectivity index is 2.36. The first-order chi connectivity index (χ1) is 12.0. The van der Waals surface area contributed by atoms with Gasteiger partial charge in [-0.1, -0.05) is 18.7 Å². The Kier molecular flexibility index (Phi) is 8.93. The summed E-state index contributed by atoms with van der Waals surface area (Å²) in [4.78, 5) is 11.1. The molecule has 25 heavy (non-hydrogen) atoms. The monoisotopic (exact) mass is 346 g/mol. The molecule has 0 heterocycles. The molecule has 0 N–H and O–H groups in total. The van der Waals surface area contributed by atoms with Gasteiger partial charge in [-0.3, -0.25) is 0 Å². The third-order valence-electron chi connectivity index (χ3n) is 3.43. The topological polar surface area (TPSA) is 54.0 Å². The predicted octanol–water partition coefficient (Wildman–Crippen LogP) is 4.15. The van der Waals surface area contributed by atoms with E-state index in [0.717, 1.165) is 23.0 Å². The van der Waals surface area contributed by atoms with Gasteiger partial charge in [0, 0.05) is 6.08 Å². The lowest BCUT2D eigenvalue weighted by molar-refractivity contribution is -0.147. The van der Waals surface area contributed by atoms with Gasteiger partial charge >= 0.3 is 5.97 Å². The highest BCUT2D eigenvalue weighted by molar-refractivity contribution is 5.81. The first-order valence-corrected chi connectivity index (χ1v) is 8.02. The Bertz CT molecular complexity index is 601. The summed E-state index contributed by atoms with van der Waals surface area (Å²) in [5.74, 6) is 0.354. The molecular formula is C20H26O5. The highest BCUT2D eigenvalue weighted by Crippen LogP contribution is 2.12. The van der Waals surface area contributed by atoms with Crippen LogP contribution in [0.1, 0.15) is 26.3 Å². The first-order valence-electron chi connectivity index (χ1n) is 8.02. The third-order valence-corrected chi connectivity index (χ3v) is 3.43. The van der Waals surface area contributed by atoms with Crippen LogP contribution in [0.4, 0.5) is 0 Å². The second kappa shape index (κ2) is 11.0. The summed E-state index contributed by atoms with van der Waals surface area (Å²) < 4.78 is 21.2. The SMILES string of the molecule is C=CC(=O)O[C@@H](C)[C@@H](C)O/C=C/C(C)=C\OCc1ccc(OC)cc1. The van der Waals surface area contributed by atoms with E-state index < -0.39 is 5.97 Å². The van der Waals surface area contributed by atoms with Crippen molar-refractivity contribution in [1.82, 2.24) is 0 Å².